The Labute approximate surface area is 105 Å². The maximum Gasteiger partial charge on any atom is 0.120 e. The molecule has 0 aliphatic carbocycles. The molecule has 94 valence electrons. The van der Waals surface area contributed by atoms with Crippen LogP contribution in [0.1, 0.15) is 33.3 Å². The Morgan fingerprint density at radius 1 is 1.35 bits per heavy atom. The monoisotopic (exact) mass is 233 g/mol. The maximum atomic E-state index is 5.66. The molecular formula is C15H23NO. The molecule has 0 aliphatic heterocycles. The van der Waals surface area contributed by atoms with Gasteiger partial charge in [0.2, 0.25) is 0 Å². The predicted octanol–water partition coefficient (Wildman–Crippen LogP) is 3.53. The van der Waals surface area contributed by atoms with Crippen LogP contribution in [0.4, 0.5) is 0 Å². The van der Waals surface area contributed by atoms with Crippen molar-refractivity contribution < 1.29 is 4.74 Å². The zero-order chi connectivity index (χ0) is 12.7. The first-order chi connectivity index (χ1) is 8.08. The summed E-state index contributed by atoms with van der Waals surface area (Å²) in [5.74, 6) is 0.936. The molecule has 2 nitrogen and oxygen atoms in total. The molecule has 1 aromatic rings. The second-order valence-corrected chi connectivity index (χ2v) is 4.78. The van der Waals surface area contributed by atoms with Crippen molar-refractivity contribution in [3.63, 3.8) is 0 Å². The molecule has 0 amide bonds. The Kier molecular flexibility index (Phi) is 5.78. The molecule has 0 saturated carbocycles. The molecule has 0 heterocycles. The van der Waals surface area contributed by atoms with Crippen LogP contribution in [0, 0.1) is 0 Å². The van der Waals surface area contributed by atoms with Gasteiger partial charge in [-0.05, 0) is 37.6 Å². The van der Waals surface area contributed by atoms with Crippen LogP contribution in [-0.4, -0.2) is 12.6 Å². The molecule has 17 heavy (non-hydrogen) atoms. The summed E-state index contributed by atoms with van der Waals surface area (Å²) < 4.78 is 5.66. The van der Waals surface area contributed by atoms with E-state index >= 15 is 0 Å². The highest BCUT2D eigenvalue weighted by atomic mass is 16.5. The summed E-state index contributed by atoms with van der Waals surface area (Å²) in [7, 11) is 0. The van der Waals surface area contributed by atoms with Gasteiger partial charge in [-0.3, -0.25) is 0 Å². The van der Waals surface area contributed by atoms with Crippen LogP contribution in [0.15, 0.2) is 35.9 Å². The maximum absolute atomic E-state index is 5.66. The number of nitrogens with one attached hydrogen (secondary N) is 1. The smallest absolute Gasteiger partial charge is 0.120 e. The molecule has 0 aromatic heterocycles. The first-order valence-electron chi connectivity index (χ1n) is 6.16. The van der Waals surface area contributed by atoms with Gasteiger partial charge < -0.3 is 10.1 Å². The van der Waals surface area contributed by atoms with Crippen molar-refractivity contribution in [3.05, 3.63) is 41.5 Å². The minimum absolute atomic E-state index is 0.505. The Bertz CT molecular complexity index is 365. The van der Waals surface area contributed by atoms with Gasteiger partial charge in [0.1, 0.15) is 12.4 Å². The molecule has 2 heteroatoms. The van der Waals surface area contributed by atoms with Crippen molar-refractivity contribution >= 4 is 0 Å². The van der Waals surface area contributed by atoms with E-state index in [0.717, 1.165) is 12.3 Å². The van der Waals surface area contributed by atoms with Crippen LogP contribution in [0.5, 0.6) is 5.75 Å². The first kappa shape index (κ1) is 13.8. The molecule has 0 aliphatic rings. The van der Waals surface area contributed by atoms with E-state index in [2.05, 4.69) is 51.2 Å². The number of ether oxygens (including phenoxy) is 1. The summed E-state index contributed by atoms with van der Waals surface area (Å²) in [5, 5.41) is 3.40. The van der Waals surface area contributed by atoms with Crippen LogP contribution < -0.4 is 10.1 Å². The Hall–Kier alpha value is -1.28. The number of benzene rings is 1. The second kappa shape index (κ2) is 7.13. The lowest BCUT2D eigenvalue weighted by molar-refractivity contribution is 0.361. The van der Waals surface area contributed by atoms with Gasteiger partial charge in [0.25, 0.3) is 0 Å². The fourth-order valence-corrected chi connectivity index (χ4v) is 1.37. The molecule has 0 atom stereocenters. The molecule has 1 N–H and O–H groups in total. The molecular weight excluding hydrogens is 210 g/mol. The fraction of sp³-hybridized carbons (Fsp3) is 0.467. The summed E-state index contributed by atoms with van der Waals surface area (Å²) >= 11 is 0. The van der Waals surface area contributed by atoms with Gasteiger partial charge >= 0.3 is 0 Å². The summed E-state index contributed by atoms with van der Waals surface area (Å²) in [6.07, 6.45) is 2.08. The van der Waals surface area contributed by atoms with E-state index < -0.39 is 0 Å². The Balaban J connectivity index is 2.50. The summed E-state index contributed by atoms with van der Waals surface area (Å²) in [6, 6.07) is 8.75. The lowest BCUT2D eigenvalue weighted by Crippen LogP contribution is -2.21. The minimum atomic E-state index is 0.505. The van der Waals surface area contributed by atoms with Gasteiger partial charge in [-0.15, -0.1) is 0 Å². The summed E-state index contributed by atoms with van der Waals surface area (Å²) in [4.78, 5) is 0. The highest BCUT2D eigenvalue weighted by Crippen LogP contribution is 2.13. The third-order valence-corrected chi connectivity index (χ3v) is 2.35. The largest absolute Gasteiger partial charge is 0.490 e. The summed E-state index contributed by atoms with van der Waals surface area (Å²) in [6.45, 7) is 9.98. The quantitative estimate of drug-likeness (QED) is 0.759. The van der Waals surface area contributed by atoms with Crippen molar-refractivity contribution in [2.24, 2.45) is 0 Å². The number of hydrogen-bond acceptors (Lipinski definition) is 2. The zero-order valence-corrected chi connectivity index (χ0v) is 11.3. The van der Waals surface area contributed by atoms with E-state index in [1.165, 1.54) is 11.1 Å². The third kappa shape index (κ3) is 6.12. The molecule has 0 unspecified atom stereocenters. The second-order valence-electron chi connectivity index (χ2n) is 4.78. The predicted molar refractivity (Wildman–Crippen MR) is 73.3 cm³/mol. The van der Waals surface area contributed by atoms with E-state index in [1.54, 1.807) is 0 Å². The van der Waals surface area contributed by atoms with E-state index in [4.69, 9.17) is 4.74 Å². The van der Waals surface area contributed by atoms with Gasteiger partial charge in [-0.25, -0.2) is 0 Å². The van der Waals surface area contributed by atoms with E-state index in [9.17, 15) is 0 Å². The SMILES string of the molecule is CC(C)=CCOc1cccc(CNC(C)C)c1. The van der Waals surface area contributed by atoms with Crippen LogP contribution in [0.3, 0.4) is 0 Å². The normalized spacial score (nSPS) is 10.4. The lowest BCUT2D eigenvalue weighted by atomic mass is 10.2. The Morgan fingerprint density at radius 2 is 2.12 bits per heavy atom. The number of hydrogen-bond donors (Lipinski definition) is 1. The Morgan fingerprint density at radius 3 is 2.76 bits per heavy atom. The molecule has 0 fully saturated rings. The minimum Gasteiger partial charge on any atom is -0.490 e. The fourth-order valence-electron chi connectivity index (χ4n) is 1.37. The van der Waals surface area contributed by atoms with Gasteiger partial charge in [-0.1, -0.05) is 31.6 Å². The molecule has 0 spiro atoms. The van der Waals surface area contributed by atoms with Crippen molar-refractivity contribution in [1.29, 1.82) is 0 Å². The third-order valence-electron chi connectivity index (χ3n) is 2.35. The average molecular weight is 233 g/mol. The van der Waals surface area contributed by atoms with E-state index in [0.29, 0.717) is 12.6 Å². The average Bonchev–Trinajstić information content (AvgIpc) is 2.26. The van der Waals surface area contributed by atoms with Gasteiger partial charge in [-0.2, -0.15) is 0 Å². The van der Waals surface area contributed by atoms with Crippen molar-refractivity contribution in [3.8, 4) is 5.75 Å². The van der Waals surface area contributed by atoms with Crippen LogP contribution in [0.2, 0.25) is 0 Å². The highest BCUT2D eigenvalue weighted by Gasteiger charge is 1.97. The lowest BCUT2D eigenvalue weighted by Gasteiger charge is -2.09. The molecule has 1 rings (SSSR count). The van der Waals surface area contributed by atoms with Crippen molar-refractivity contribution in [2.45, 2.75) is 40.3 Å². The van der Waals surface area contributed by atoms with Gasteiger partial charge in [0.15, 0.2) is 0 Å². The van der Waals surface area contributed by atoms with Gasteiger partial charge in [0.05, 0.1) is 0 Å². The molecule has 0 radical (unpaired) electrons. The molecule has 1 aromatic carbocycles. The zero-order valence-electron chi connectivity index (χ0n) is 11.3. The van der Waals surface area contributed by atoms with Gasteiger partial charge in [0, 0.05) is 12.6 Å². The van der Waals surface area contributed by atoms with E-state index in [1.807, 2.05) is 12.1 Å². The highest BCUT2D eigenvalue weighted by molar-refractivity contribution is 5.28. The van der Waals surface area contributed by atoms with Crippen LogP contribution in [0.25, 0.3) is 0 Å². The van der Waals surface area contributed by atoms with Crippen molar-refractivity contribution in [2.75, 3.05) is 6.61 Å². The van der Waals surface area contributed by atoms with E-state index in [-0.39, 0.29) is 0 Å². The van der Waals surface area contributed by atoms with Crippen LogP contribution in [-0.2, 0) is 6.54 Å². The topological polar surface area (TPSA) is 21.3 Å². The number of rotatable bonds is 6. The molecule has 0 saturated heterocycles. The number of allylic oxidation sites excluding steroid dienone is 1. The summed E-state index contributed by atoms with van der Waals surface area (Å²) in [5.41, 5.74) is 2.54. The van der Waals surface area contributed by atoms with Crippen LogP contribution >= 0.6 is 0 Å². The standard InChI is InChI=1S/C15H23NO/c1-12(2)8-9-17-15-7-5-6-14(10-15)11-16-13(3)4/h5-8,10,13,16H,9,11H2,1-4H3. The molecule has 0 bridgehead atoms. The first-order valence-corrected chi connectivity index (χ1v) is 6.16. The van der Waals surface area contributed by atoms with Crippen molar-refractivity contribution in [1.82, 2.24) is 5.32 Å².